The molecule has 0 aliphatic heterocycles. The predicted octanol–water partition coefficient (Wildman–Crippen LogP) is 2.15. The largest absolute Gasteiger partial charge is 0.388 e. The first kappa shape index (κ1) is 10.6. The van der Waals surface area contributed by atoms with Crippen LogP contribution < -0.4 is 5.73 Å². The molecule has 1 aliphatic rings. The number of halogens is 1. The molecule has 0 spiro atoms. The average Bonchev–Trinajstić information content (AvgIpc) is 2.93. The SMILES string of the molecule is NCC(O)(Cc1ccc(Br)s1)C1CC1. The maximum absolute atomic E-state index is 10.3. The fourth-order valence-corrected chi connectivity index (χ4v) is 3.35. The maximum atomic E-state index is 10.3. The Morgan fingerprint density at radius 3 is 2.71 bits per heavy atom. The van der Waals surface area contributed by atoms with E-state index < -0.39 is 5.60 Å². The molecule has 78 valence electrons. The highest BCUT2D eigenvalue weighted by atomic mass is 79.9. The van der Waals surface area contributed by atoms with Gasteiger partial charge in [0, 0.05) is 17.8 Å². The summed E-state index contributed by atoms with van der Waals surface area (Å²) in [4.78, 5) is 1.21. The van der Waals surface area contributed by atoms with Gasteiger partial charge in [0.25, 0.3) is 0 Å². The predicted molar refractivity (Wildman–Crippen MR) is 62.5 cm³/mol. The van der Waals surface area contributed by atoms with Crippen molar-refractivity contribution in [1.82, 2.24) is 0 Å². The van der Waals surface area contributed by atoms with Crippen LogP contribution in [0.2, 0.25) is 0 Å². The van der Waals surface area contributed by atoms with Crippen molar-refractivity contribution in [2.75, 3.05) is 6.54 Å². The van der Waals surface area contributed by atoms with E-state index in [1.165, 1.54) is 4.88 Å². The van der Waals surface area contributed by atoms with E-state index >= 15 is 0 Å². The molecule has 1 aromatic rings. The van der Waals surface area contributed by atoms with Crippen LogP contribution in [0.4, 0.5) is 0 Å². The topological polar surface area (TPSA) is 46.2 Å². The number of hydrogen-bond donors (Lipinski definition) is 2. The summed E-state index contributed by atoms with van der Waals surface area (Å²) >= 11 is 5.10. The minimum atomic E-state index is -0.662. The molecule has 0 radical (unpaired) electrons. The molecule has 1 fully saturated rings. The molecule has 2 nitrogen and oxygen atoms in total. The number of nitrogens with two attached hydrogens (primary N) is 1. The highest BCUT2D eigenvalue weighted by Crippen LogP contribution is 2.41. The molecule has 3 N–H and O–H groups in total. The van der Waals surface area contributed by atoms with Gasteiger partial charge in [0.1, 0.15) is 0 Å². The molecule has 0 bridgehead atoms. The maximum Gasteiger partial charge on any atom is 0.0845 e. The number of hydrogen-bond acceptors (Lipinski definition) is 3. The van der Waals surface area contributed by atoms with Crippen molar-refractivity contribution >= 4 is 27.3 Å². The first-order valence-electron chi connectivity index (χ1n) is 4.81. The van der Waals surface area contributed by atoms with Crippen LogP contribution in [0.1, 0.15) is 17.7 Å². The molecular weight excluding hydrogens is 262 g/mol. The second kappa shape index (κ2) is 3.93. The van der Waals surface area contributed by atoms with Crippen molar-refractivity contribution in [3.05, 3.63) is 20.8 Å². The Morgan fingerprint density at radius 2 is 2.29 bits per heavy atom. The van der Waals surface area contributed by atoms with E-state index in [1.807, 2.05) is 6.07 Å². The average molecular weight is 276 g/mol. The zero-order chi connectivity index (χ0) is 10.2. The summed E-state index contributed by atoms with van der Waals surface area (Å²) in [7, 11) is 0. The molecule has 1 aromatic heterocycles. The Hall–Kier alpha value is 0.1000. The number of thiophene rings is 1. The molecule has 0 saturated heterocycles. The van der Waals surface area contributed by atoms with Gasteiger partial charge in [-0.05, 0) is 46.8 Å². The highest BCUT2D eigenvalue weighted by Gasteiger charge is 2.42. The van der Waals surface area contributed by atoms with Crippen LogP contribution in [0.25, 0.3) is 0 Å². The molecule has 1 heterocycles. The molecule has 0 aromatic carbocycles. The highest BCUT2D eigenvalue weighted by molar-refractivity contribution is 9.11. The van der Waals surface area contributed by atoms with Gasteiger partial charge in [-0.15, -0.1) is 11.3 Å². The molecule has 1 saturated carbocycles. The van der Waals surface area contributed by atoms with Gasteiger partial charge in [0.05, 0.1) is 9.39 Å². The Bertz CT molecular complexity index is 324. The number of rotatable bonds is 4. The third kappa shape index (κ3) is 2.19. The van der Waals surface area contributed by atoms with Gasteiger partial charge in [-0.3, -0.25) is 0 Å². The zero-order valence-corrected chi connectivity index (χ0v) is 10.3. The molecule has 2 rings (SSSR count). The van der Waals surface area contributed by atoms with E-state index in [1.54, 1.807) is 11.3 Å². The summed E-state index contributed by atoms with van der Waals surface area (Å²) in [5, 5.41) is 10.3. The summed E-state index contributed by atoms with van der Waals surface area (Å²) in [6.45, 7) is 0.368. The van der Waals surface area contributed by atoms with Crippen LogP contribution in [-0.2, 0) is 6.42 Å². The minimum Gasteiger partial charge on any atom is -0.388 e. The van der Waals surface area contributed by atoms with Gasteiger partial charge < -0.3 is 10.8 Å². The van der Waals surface area contributed by atoms with E-state index in [4.69, 9.17) is 5.73 Å². The van der Waals surface area contributed by atoms with Gasteiger partial charge in [-0.2, -0.15) is 0 Å². The van der Waals surface area contributed by atoms with Crippen LogP contribution in [0.15, 0.2) is 15.9 Å². The second-order valence-electron chi connectivity index (χ2n) is 3.96. The molecule has 1 atom stereocenters. The van der Waals surface area contributed by atoms with Gasteiger partial charge in [0.15, 0.2) is 0 Å². The quantitative estimate of drug-likeness (QED) is 0.885. The van der Waals surface area contributed by atoms with Crippen molar-refractivity contribution in [2.45, 2.75) is 24.9 Å². The summed E-state index contributed by atoms with van der Waals surface area (Å²) in [5.41, 5.74) is 4.98. The van der Waals surface area contributed by atoms with Crippen molar-refractivity contribution in [2.24, 2.45) is 11.7 Å². The van der Waals surface area contributed by atoms with Crippen LogP contribution >= 0.6 is 27.3 Å². The third-order valence-electron chi connectivity index (χ3n) is 2.80. The van der Waals surface area contributed by atoms with Crippen LogP contribution in [-0.4, -0.2) is 17.3 Å². The van der Waals surface area contributed by atoms with E-state index in [9.17, 15) is 5.11 Å². The number of aliphatic hydroxyl groups is 1. The molecular formula is C10H14BrNOS. The van der Waals surface area contributed by atoms with Crippen molar-refractivity contribution < 1.29 is 5.11 Å². The molecule has 1 aliphatic carbocycles. The molecule has 14 heavy (non-hydrogen) atoms. The molecule has 0 amide bonds. The zero-order valence-electron chi connectivity index (χ0n) is 7.87. The van der Waals surface area contributed by atoms with E-state index in [0.717, 1.165) is 16.6 Å². The lowest BCUT2D eigenvalue weighted by Crippen LogP contribution is -2.42. The Morgan fingerprint density at radius 1 is 1.57 bits per heavy atom. The van der Waals surface area contributed by atoms with E-state index in [-0.39, 0.29) is 0 Å². The first-order valence-corrected chi connectivity index (χ1v) is 6.42. The van der Waals surface area contributed by atoms with Crippen LogP contribution in [0.3, 0.4) is 0 Å². The van der Waals surface area contributed by atoms with Crippen LogP contribution in [0, 0.1) is 5.92 Å². The van der Waals surface area contributed by atoms with Gasteiger partial charge in [-0.25, -0.2) is 0 Å². The van der Waals surface area contributed by atoms with Gasteiger partial charge in [-0.1, -0.05) is 0 Å². The summed E-state index contributed by atoms with van der Waals surface area (Å²) in [5.74, 6) is 0.424. The minimum absolute atomic E-state index is 0.368. The van der Waals surface area contributed by atoms with Crippen molar-refractivity contribution in [1.29, 1.82) is 0 Å². The fourth-order valence-electron chi connectivity index (χ4n) is 1.75. The summed E-state index contributed by atoms with van der Waals surface area (Å²) < 4.78 is 1.11. The Labute approximate surface area is 96.3 Å². The fraction of sp³-hybridized carbons (Fsp3) is 0.600. The van der Waals surface area contributed by atoms with Gasteiger partial charge >= 0.3 is 0 Å². The summed E-state index contributed by atoms with van der Waals surface area (Å²) in [6.07, 6.45) is 2.95. The first-order chi connectivity index (χ1) is 6.64. The molecule has 4 heteroatoms. The van der Waals surface area contributed by atoms with Crippen molar-refractivity contribution in [3.63, 3.8) is 0 Å². The lowest BCUT2D eigenvalue weighted by atomic mass is 9.93. The van der Waals surface area contributed by atoms with Gasteiger partial charge in [0.2, 0.25) is 0 Å². The Kier molecular flexibility index (Phi) is 2.98. The molecule has 1 unspecified atom stereocenters. The van der Waals surface area contributed by atoms with Crippen molar-refractivity contribution in [3.8, 4) is 0 Å². The lowest BCUT2D eigenvalue weighted by Gasteiger charge is -2.25. The van der Waals surface area contributed by atoms with E-state index in [0.29, 0.717) is 18.9 Å². The normalized spacial score (nSPS) is 20.8. The standard InChI is InChI=1S/C10H14BrNOS/c11-9-4-3-8(14-9)5-10(13,6-12)7-1-2-7/h3-4,7,13H,1-2,5-6,12H2. The Balaban J connectivity index is 2.07. The lowest BCUT2D eigenvalue weighted by molar-refractivity contribution is 0.0275. The van der Waals surface area contributed by atoms with Crippen LogP contribution in [0.5, 0.6) is 0 Å². The second-order valence-corrected chi connectivity index (χ2v) is 6.51. The van der Waals surface area contributed by atoms with E-state index in [2.05, 4.69) is 22.0 Å². The monoisotopic (exact) mass is 275 g/mol. The third-order valence-corrected chi connectivity index (χ3v) is 4.42. The smallest absolute Gasteiger partial charge is 0.0845 e. The summed E-state index contributed by atoms with van der Waals surface area (Å²) in [6, 6.07) is 4.07.